The van der Waals surface area contributed by atoms with E-state index in [2.05, 4.69) is 46.0 Å². The van der Waals surface area contributed by atoms with E-state index in [0.29, 0.717) is 0 Å². The highest BCUT2D eigenvalue weighted by Gasteiger charge is 2.18. The van der Waals surface area contributed by atoms with E-state index in [-0.39, 0.29) is 0 Å². The summed E-state index contributed by atoms with van der Waals surface area (Å²) in [5.41, 5.74) is 1.36. The van der Waals surface area contributed by atoms with Crippen LogP contribution in [0.3, 0.4) is 0 Å². The smallest absolute Gasteiger partial charge is 0.0491 e. The minimum Gasteiger partial charge on any atom is -0.384 e. The van der Waals surface area contributed by atoms with E-state index in [4.69, 9.17) is 4.74 Å². The summed E-state index contributed by atoms with van der Waals surface area (Å²) in [4.78, 5) is 2.61. The monoisotopic (exact) mass is 286 g/mol. The molecule has 1 aliphatic heterocycles. The van der Waals surface area contributed by atoms with E-state index in [0.717, 1.165) is 19.1 Å². The van der Waals surface area contributed by atoms with Crippen molar-refractivity contribution in [1.29, 1.82) is 0 Å². The fraction of sp³-hybridized carbons (Fsp3) is 0.556. The van der Waals surface area contributed by atoms with Gasteiger partial charge in [-0.2, -0.15) is 0 Å². The summed E-state index contributed by atoms with van der Waals surface area (Å²) in [5, 5.41) is 1.35. The molecule has 1 aromatic carbocycles. The first-order valence-corrected chi connectivity index (χ1v) is 8.12. The molecular formula is C18H26N2O. The maximum Gasteiger partial charge on any atom is 0.0491 e. The third-order valence-corrected chi connectivity index (χ3v) is 4.66. The Balaban J connectivity index is 1.44. The van der Waals surface area contributed by atoms with Crippen LogP contribution in [0, 0.1) is 5.92 Å². The van der Waals surface area contributed by atoms with Gasteiger partial charge in [-0.15, -0.1) is 0 Å². The first kappa shape index (κ1) is 14.6. The molecule has 1 aromatic heterocycles. The normalized spacial score (nSPS) is 17.6. The van der Waals surface area contributed by atoms with Crippen molar-refractivity contribution in [3.05, 3.63) is 36.5 Å². The van der Waals surface area contributed by atoms with E-state index < -0.39 is 0 Å². The van der Waals surface area contributed by atoms with Gasteiger partial charge in [0.05, 0.1) is 0 Å². The van der Waals surface area contributed by atoms with Gasteiger partial charge in [0.15, 0.2) is 0 Å². The summed E-state index contributed by atoms with van der Waals surface area (Å²) < 4.78 is 7.65. The first-order chi connectivity index (χ1) is 10.4. The molecule has 2 aromatic rings. The van der Waals surface area contributed by atoms with E-state index in [1.807, 2.05) is 7.11 Å². The number of hydrogen-bond donors (Lipinski definition) is 0. The molecule has 3 heteroatoms. The first-order valence-electron chi connectivity index (χ1n) is 8.12. The number of rotatable bonds is 6. The molecule has 2 heterocycles. The number of aryl methyl sites for hydroxylation is 1. The lowest BCUT2D eigenvalue weighted by atomic mass is 9.98. The maximum atomic E-state index is 5.27. The largest absolute Gasteiger partial charge is 0.384 e. The molecule has 0 bridgehead atoms. The van der Waals surface area contributed by atoms with Gasteiger partial charge in [0.1, 0.15) is 0 Å². The van der Waals surface area contributed by atoms with Crippen LogP contribution >= 0.6 is 0 Å². The van der Waals surface area contributed by atoms with Crippen molar-refractivity contribution in [3.8, 4) is 0 Å². The van der Waals surface area contributed by atoms with E-state index >= 15 is 0 Å². The quantitative estimate of drug-likeness (QED) is 0.810. The fourth-order valence-corrected chi connectivity index (χ4v) is 3.41. The second kappa shape index (κ2) is 7.10. The van der Waals surface area contributed by atoms with Crippen molar-refractivity contribution in [2.45, 2.75) is 25.8 Å². The predicted octanol–water partition coefficient (Wildman–Crippen LogP) is 3.39. The molecule has 1 fully saturated rings. The van der Waals surface area contributed by atoms with Crippen LogP contribution in [0.4, 0.5) is 0 Å². The Hall–Kier alpha value is -1.32. The molecule has 0 radical (unpaired) electrons. The average molecular weight is 286 g/mol. The average Bonchev–Trinajstić information content (AvgIpc) is 2.93. The topological polar surface area (TPSA) is 17.4 Å². The van der Waals surface area contributed by atoms with E-state index in [9.17, 15) is 0 Å². The number of nitrogens with zero attached hydrogens (tertiary/aromatic N) is 2. The molecular weight excluding hydrogens is 260 g/mol. The van der Waals surface area contributed by atoms with Crippen LogP contribution < -0.4 is 0 Å². The molecule has 3 rings (SSSR count). The Bertz CT molecular complexity index is 555. The van der Waals surface area contributed by atoms with Crippen LogP contribution in [0.2, 0.25) is 0 Å². The zero-order valence-corrected chi connectivity index (χ0v) is 13.0. The second-order valence-electron chi connectivity index (χ2n) is 6.16. The molecule has 0 aliphatic carbocycles. The highest BCUT2D eigenvalue weighted by atomic mass is 16.5. The Kier molecular flexibility index (Phi) is 4.94. The van der Waals surface area contributed by atoms with Gasteiger partial charge < -0.3 is 14.2 Å². The van der Waals surface area contributed by atoms with Crippen molar-refractivity contribution in [3.63, 3.8) is 0 Å². The molecule has 0 amide bonds. The lowest BCUT2D eigenvalue weighted by molar-refractivity contribution is 0.0986. The van der Waals surface area contributed by atoms with Gasteiger partial charge in [-0.3, -0.25) is 0 Å². The predicted molar refractivity (Wildman–Crippen MR) is 87.6 cm³/mol. The molecule has 0 N–H and O–H groups in total. The zero-order chi connectivity index (χ0) is 14.5. The lowest BCUT2D eigenvalue weighted by Crippen LogP contribution is -2.35. The standard InChI is InChI=1S/C18H26N2O/c1-21-15-16-7-12-19(13-8-16)10-4-11-20-14-9-17-5-2-3-6-18(17)20/h2-3,5-6,9,14,16H,4,7-8,10-13,15H2,1H3. The highest BCUT2D eigenvalue weighted by molar-refractivity contribution is 5.79. The van der Waals surface area contributed by atoms with E-state index in [1.165, 1.54) is 49.8 Å². The highest BCUT2D eigenvalue weighted by Crippen LogP contribution is 2.18. The Morgan fingerprint density at radius 3 is 2.71 bits per heavy atom. The van der Waals surface area contributed by atoms with Gasteiger partial charge in [-0.25, -0.2) is 0 Å². The van der Waals surface area contributed by atoms with Crippen LogP contribution in [0.1, 0.15) is 19.3 Å². The molecule has 114 valence electrons. The summed E-state index contributed by atoms with van der Waals surface area (Å²) in [6.45, 7) is 5.74. The molecule has 3 nitrogen and oxygen atoms in total. The number of ether oxygens (including phenoxy) is 1. The summed E-state index contributed by atoms with van der Waals surface area (Å²) in [6, 6.07) is 10.8. The second-order valence-corrected chi connectivity index (χ2v) is 6.16. The summed E-state index contributed by atoms with van der Waals surface area (Å²) in [7, 11) is 1.81. The lowest BCUT2D eigenvalue weighted by Gasteiger charge is -2.31. The fourth-order valence-electron chi connectivity index (χ4n) is 3.41. The molecule has 0 spiro atoms. The molecule has 1 aliphatic rings. The summed E-state index contributed by atoms with van der Waals surface area (Å²) in [6.07, 6.45) is 6.03. The molecule has 1 saturated heterocycles. The number of benzene rings is 1. The van der Waals surface area contributed by atoms with Gasteiger partial charge in [0.2, 0.25) is 0 Å². The number of hydrogen-bond acceptors (Lipinski definition) is 2. The van der Waals surface area contributed by atoms with Gasteiger partial charge in [-0.05, 0) is 62.3 Å². The molecule has 21 heavy (non-hydrogen) atoms. The Morgan fingerprint density at radius 1 is 1.10 bits per heavy atom. The number of likely N-dealkylation sites (tertiary alicyclic amines) is 1. The van der Waals surface area contributed by atoms with Crippen LogP contribution in [0.5, 0.6) is 0 Å². The SMILES string of the molecule is COCC1CCN(CCCn2ccc3ccccc32)CC1. The Morgan fingerprint density at radius 2 is 1.90 bits per heavy atom. The zero-order valence-electron chi connectivity index (χ0n) is 13.0. The van der Waals surface area contributed by atoms with Crippen LogP contribution in [-0.4, -0.2) is 42.8 Å². The van der Waals surface area contributed by atoms with Crippen molar-refractivity contribution in [1.82, 2.24) is 9.47 Å². The molecule has 0 atom stereocenters. The number of methoxy groups -OCH3 is 1. The number of para-hydroxylation sites is 1. The van der Waals surface area contributed by atoms with Crippen molar-refractivity contribution in [2.75, 3.05) is 33.4 Å². The van der Waals surface area contributed by atoms with Crippen molar-refractivity contribution < 1.29 is 4.74 Å². The number of fused-ring (bicyclic) bond motifs is 1. The third-order valence-electron chi connectivity index (χ3n) is 4.66. The van der Waals surface area contributed by atoms with Gasteiger partial charge in [0.25, 0.3) is 0 Å². The van der Waals surface area contributed by atoms with Crippen LogP contribution in [0.25, 0.3) is 10.9 Å². The van der Waals surface area contributed by atoms with Crippen molar-refractivity contribution in [2.24, 2.45) is 5.92 Å². The number of piperidine rings is 1. The minimum atomic E-state index is 0.777. The van der Waals surface area contributed by atoms with Gasteiger partial charge in [-0.1, -0.05) is 18.2 Å². The van der Waals surface area contributed by atoms with Gasteiger partial charge >= 0.3 is 0 Å². The maximum absolute atomic E-state index is 5.27. The van der Waals surface area contributed by atoms with E-state index in [1.54, 1.807) is 0 Å². The minimum absolute atomic E-state index is 0.777. The van der Waals surface area contributed by atoms with Gasteiger partial charge in [0, 0.05) is 32.0 Å². The molecule has 0 saturated carbocycles. The summed E-state index contributed by atoms with van der Waals surface area (Å²) in [5.74, 6) is 0.777. The summed E-state index contributed by atoms with van der Waals surface area (Å²) >= 11 is 0. The van der Waals surface area contributed by atoms with Crippen molar-refractivity contribution >= 4 is 10.9 Å². The van der Waals surface area contributed by atoms with Crippen LogP contribution in [0.15, 0.2) is 36.5 Å². The number of aromatic nitrogens is 1. The molecule has 0 unspecified atom stereocenters. The Labute approximate surface area is 127 Å². The van der Waals surface area contributed by atoms with Crippen LogP contribution in [-0.2, 0) is 11.3 Å². The third kappa shape index (κ3) is 3.66.